The summed E-state index contributed by atoms with van der Waals surface area (Å²) in [6.45, 7) is 0.619. The molecule has 1 amide bonds. The lowest BCUT2D eigenvalue weighted by molar-refractivity contribution is 0.0950. The van der Waals surface area contributed by atoms with Gasteiger partial charge >= 0.3 is 0 Å². The molecule has 3 aromatic rings. The lowest BCUT2D eigenvalue weighted by atomic mass is 10.1. The summed E-state index contributed by atoms with van der Waals surface area (Å²) in [6, 6.07) is 10.3. The number of halogens is 3. The van der Waals surface area contributed by atoms with Gasteiger partial charge in [0.2, 0.25) is 0 Å². The van der Waals surface area contributed by atoms with E-state index in [1.807, 2.05) is 19.3 Å². The molecular formula is C19H16Cl3N3O2. The molecule has 8 heteroatoms. The SMILES string of the molecule is Cn1cc(CNC(=O)c2cccc(COc3c(Cl)cc(Cl)cc3Cl)c2)cn1. The van der Waals surface area contributed by atoms with Gasteiger partial charge in [-0.3, -0.25) is 9.48 Å². The van der Waals surface area contributed by atoms with Gasteiger partial charge < -0.3 is 10.1 Å². The van der Waals surface area contributed by atoms with Crippen LogP contribution in [0, 0.1) is 0 Å². The topological polar surface area (TPSA) is 56.2 Å². The first-order valence-electron chi connectivity index (χ1n) is 8.04. The van der Waals surface area contributed by atoms with Crippen LogP contribution in [0.25, 0.3) is 0 Å². The molecule has 3 rings (SSSR count). The number of nitrogens with zero attached hydrogens (tertiary/aromatic N) is 2. The average molecular weight is 425 g/mol. The number of aromatic nitrogens is 2. The highest BCUT2D eigenvalue weighted by Gasteiger charge is 2.11. The van der Waals surface area contributed by atoms with Crippen molar-refractivity contribution in [2.24, 2.45) is 7.05 Å². The minimum atomic E-state index is -0.178. The van der Waals surface area contributed by atoms with Crippen LogP contribution in [0.1, 0.15) is 21.5 Å². The van der Waals surface area contributed by atoms with Crippen molar-refractivity contribution in [2.75, 3.05) is 0 Å². The zero-order valence-electron chi connectivity index (χ0n) is 14.4. The van der Waals surface area contributed by atoms with Crippen LogP contribution in [0.5, 0.6) is 5.75 Å². The molecule has 2 aromatic carbocycles. The molecule has 0 unspecified atom stereocenters. The summed E-state index contributed by atoms with van der Waals surface area (Å²) >= 11 is 18.1. The Labute approximate surface area is 171 Å². The van der Waals surface area contributed by atoms with Crippen molar-refractivity contribution in [3.05, 3.63) is 80.6 Å². The molecule has 0 saturated carbocycles. The van der Waals surface area contributed by atoms with Crippen LogP contribution in [-0.2, 0) is 20.2 Å². The van der Waals surface area contributed by atoms with Crippen molar-refractivity contribution < 1.29 is 9.53 Å². The molecule has 0 bridgehead atoms. The molecule has 1 aromatic heterocycles. The Morgan fingerprint density at radius 1 is 1.15 bits per heavy atom. The molecule has 140 valence electrons. The number of ether oxygens (including phenoxy) is 1. The van der Waals surface area contributed by atoms with Crippen LogP contribution in [-0.4, -0.2) is 15.7 Å². The lowest BCUT2D eigenvalue weighted by Gasteiger charge is -2.11. The quantitative estimate of drug-likeness (QED) is 0.613. The van der Waals surface area contributed by atoms with Gasteiger partial charge in [0.05, 0.1) is 16.2 Å². The van der Waals surface area contributed by atoms with Crippen molar-refractivity contribution in [1.82, 2.24) is 15.1 Å². The minimum Gasteiger partial charge on any atom is -0.486 e. The number of amides is 1. The predicted octanol–water partition coefficient (Wildman–Crippen LogP) is 4.89. The van der Waals surface area contributed by atoms with E-state index in [9.17, 15) is 4.79 Å². The molecule has 0 saturated heterocycles. The van der Waals surface area contributed by atoms with E-state index in [-0.39, 0.29) is 12.5 Å². The number of benzene rings is 2. The van der Waals surface area contributed by atoms with Gasteiger partial charge in [0.1, 0.15) is 6.61 Å². The van der Waals surface area contributed by atoms with Crippen molar-refractivity contribution in [3.63, 3.8) is 0 Å². The minimum absolute atomic E-state index is 0.178. The van der Waals surface area contributed by atoms with E-state index in [1.165, 1.54) is 0 Å². The van der Waals surface area contributed by atoms with Gasteiger partial charge in [0.15, 0.2) is 5.75 Å². The van der Waals surface area contributed by atoms with Crippen LogP contribution in [0.15, 0.2) is 48.8 Å². The highest BCUT2D eigenvalue weighted by atomic mass is 35.5. The Morgan fingerprint density at radius 2 is 1.89 bits per heavy atom. The van der Waals surface area contributed by atoms with Gasteiger partial charge in [-0.15, -0.1) is 0 Å². The maximum absolute atomic E-state index is 12.4. The predicted molar refractivity (Wildman–Crippen MR) is 107 cm³/mol. The van der Waals surface area contributed by atoms with Gasteiger partial charge in [-0.2, -0.15) is 5.10 Å². The molecule has 0 aliphatic carbocycles. The third-order valence-electron chi connectivity index (χ3n) is 3.75. The Bertz CT molecular complexity index is 949. The second-order valence-corrected chi connectivity index (χ2v) is 7.14. The molecule has 1 heterocycles. The van der Waals surface area contributed by atoms with Crippen molar-refractivity contribution in [3.8, 4) is 5.75 Å². The first kappa shape index (κ1) is 19.5. The van der Waals surface area contributed by atoms with Crippen molar-refractivity contribution in [1.29, 1.82) is 0 Å². The Hall–Kier alpha value is -2.21. The Morgan fingerprint density at radius 3 is 2.56 bits per heavy atom. The smallest absolute Gasteiger partial charge is 0.251 e. The molecule has 0 radical (unpaired) electrons. The number of hydrogen-bond donors (Lipinski definition) is 1. The average Bonchev–Trinajstić information content (AvgIpc) is 3.04. The highest BCUT2D eigenvalue weighted by molar-refractivity contribution is 6.40. The third kappa shape index (κ3) is 5.16. The van der Waals surface area contributed by atoms with Crippen LogP contribution in [0.2, 0.25) is 15.1 Å². The number of aryl methyl sites for hydroxylation is 1. The van der Waals surface area contributed by atoms with E-state index < -0.39 is 0 Å². The molecule has 5 nitrogen and oxygen atoms in total. The molecule has 0 aliphatic rings. The van der Waals surface area contributed by atoms with Gasteiger partial charge in [0, 0.05) is 35.9 Å². The monoisotopic (exact) mass is 423 g/mol. The van der Waals surface area contributed by atoms with Crippen molar-refractivity contribution >= 4 is 40.7 Å². The van der Waals surface area contributed by atoms with E-state index >= 15 is 0 Å². The van der Waals surface area contributed by atoms with Crippen molar-refractivity contribution in [2.45, 2.75) is 13.2 Å². The summed E-state index contributed by atoms with van der Waals surface area (Å²) in [4.78, 5) is 12.4. The maximum atomic E-state index is 12.4. The van der Waals surface area contributed by atoms with Gasteiger partial charge in [-0.1, -0.05) is 46.9 Å². The summed E-state index contributed by atoms with van der Waals surface area (Å²) in [7, 11) is 1.83. The van der Waals surface area contributed by atoms with Crippen LogP contribution < -0.4 is 10.1 Å². The molecule has 27 heavy (non-hydrogen) atoms. The first-order valence-corrected chi connectivity index (χ1v) is 9.18. The molecule has 0 spiro atoms. The molecule has 0 atom stereocenters. The molecular weight excluding hydrogens is 409 g/mol. The van der Waals surface area contributed by atoms with E-state index in [0.717, 1.165) is 11.1 Å². The summed E-state index contributed by atoms with van der Waals surface area (Å²) in [6.07, 6.45) is 3.56. The summed E-state index contributed by atoms with van der Waals surface area (Å²) in [5.74, 6) is 0.178. The largest absolute Gasteiger partial charge is 0.486 e. The summed E-state index contributed by atoms with van der Waals surface area (Å²) in [5.41, 5.74) is 2.27. The van der Waals surface area contributed by atoms with Gasteiger partial charge in [-0.25, -0.2) is 0 Å². The van der Waals surface area contributed by atoms with Gasteiger partial charge in [0.25, 0.3) is 5.91 Å². The molecule has 1 N–H and O–H groups in total. The number of hydrogen-bond acceptors (Lipinski definition) is 3. The van der Waals surface area contributed by atoms with E-state index in [0.29, 0.717) is 32.9 Å². The second-order valence-electron chi connectivity index (χ2n) is 5.89. The second kappa shape index (κ2) is 8.65. The van der Waals surface area contributed by atoms with Crippen LogP contribution >= 0.6 is 34.8 Å². The van der Waals surface area contributed by atoms with E-state index in [4.69, 9.17) is 39.5 Å². The summed E-state index contributed by atoms with van der Waals surface area (Å²) < 4.78 is 7.40. The third-order valence-corrected chi connectivity index (χ3v) is 4.53. The normalized spacial score (nSPS) is 10.7. The number of carbonyl (C=O) groups is 1. The molecule has 0 fully saturated rings. The Balaban J connectivity index is 1.64. The Kier molecular flexibility index (Phi) is 6.26. The number of carbonyl (C=O) groups excluding carboxylic acids is 1. The highest BCUT2D eigenvalue weighted by Crippen LogP contribution is 2.36. The maximum Gasteiger partial charge on any atom is 0.251 e. The number of nitrogens with one attached hydrogen (secondary N) is 1. The zero-order valence-corrected chi connectivity index (χ0v) is 16.6. The fraction of sp³-hybridized carbons (Fsp3) is 0.158. The zero-order chi connectivity index (χ0) is 19.4. The van der Waals surface area contributed by atoms with Crippen LogP contribution in [0.4, 0.5) is 0 Å². The number of rotatable bonds is 6. The van der Waals surface area contributed by atoms with Gasteiger partial charge in [-0.05, 0) is 29.8 Å². The fourth-order valence-corrected chi connectivity index (χ4v) is 3.40. The summed E-state index contributed by atoms with van der Waals surface area (Å²) in [5, 5.41) is 8.03. The molecule has 0 aliphatic heterocycles. The van der Waals surface area contributed by atoms with E-state index in [2.05, 4.69) is 10.4 Å². The van der Waals surface area contributed by atoms with E-state index in [1.54, 1.807) is 41.2 Å². The standard InChI is InChI=1S/C19H16Cl3N3O2/c1-25-10-13(9-24-25)8-23-19(26)14-4-2-3-12(5-14)11-27-18-16(21)6-15(20)7-17(18)22/h2-7,9-10H,8,11H2,1H3,(H,23,26). The fourth-order valence-electron chi connectivity index (χ4n) is 2.47. The van der Waals surface area contributed by atoms with Crippen LogP contribution in [0.3, 0.4) is 0 Å². The lowest BCUT2D eigenvalue weighted by Crippen LogP contribution is -2.22. The first-order chi connectivity index (χ1) is 12.9.